The second-order valence-electron chi connectivity index (χ2n) is 3.33. The first kappa shape index (κ1) is 10.7. The number of carbonyl (C=O) groups excluding carboxylic acids is 1. The highest BCUT2D eigenvalue weighted by atomic mass is 16.3. The van der Waals surface area contributed by atoms with Crippen molar-refractivity contribution in [2.75, 3.05) is 6.61 Å². The predicted octanol–water partition coefficient (Wildman–Crippen LogP) is 2.28. The fourth-order valence-electron chi connectivity index (χ4n) is 1.14. The number of ketones is 1. The molecule has 0 atom stereocenters. The molecule has 0 saturated carbocycles. The topological polar surface area (TPSA) is 37.3 Å². The second-order valence-corrected chi connectivity index (χ2v) is 3.33. The standard InChI is InChI=1S/C12H14O2/c1-9(8-13)7-11-3-5-12(6-4-11)10(2)14/h3-7,13H,8H2,1-2H3/b9-7+. The van der Waals surface area contributed by atoms with Gasteiger partial charge in [0, 0.05) is 5.56 Å². The van der Waals surface area contributed by atoms with Gasteiger partial charge < -0.3 is 5.11 Å². The lowest BCUT2D eigenvalue weighted by atomic mass is 10.1. The number of Topliss-reactive ketones (excluding diaryl/α,β-unsaturated/α-hetero) is 1. The summed E-state index contributed by atoms with van der Waals surface area (Å²) >= 11 is 0. The van der Waals surface area contributed by atoms with Crippen molar-refractivity contribution in [3.8, 4) is 0 Å². The van der Waals surface area contributed by atoms with E-state index in [1.807, 2.05) is 25.1 Å². The zero-order valence-corrected chi connectivity index (χ0v) is 8.45. The van der Waals surface area contributed by atoms with Crippen LogP contribution < -0.4 is 0 Å². The molecule has 0 aromatic heterocycles. The highest BCUT2D eigenvalue weighted by molar-refractivity contribution is 5.94. The Morgan fingerprint density at radius 1 is 1.29 bits per heavy atom. The SMILES string of the molecule is CC(=O)c1ccc(/C=C(\C)CO)cc1. The molecule has 2 heteroatoms. The molecule has 0 bridgehead atoms. The van der Waals surface area contributed by atoms with Crippen molar-refractivity contribution >= 4 is 11.9 Å². The fourth-order valence-corrected chi connectivity index (χ4v) is 1.14. The number of benzene rings is 1. The van der Waals surface area contributed by atoms with Crippen LogP contribution in [0.15, 0.2) is 29.8 Å². The molecule has 1 aromatic carbocycles. The number of hydrogen-bond acceptors (Lipinski definition) is 2. The smallest absolute Gasteiger partial charge is 0.159 e. The summed E-state index contributed by atoms with van der Waals surface area (Å²) in [5.41, 5.74) is 2.62. The van der Waals surface area contributed by atoms with E-state index >= 15 is 0 Å². The Labute approximate surface area is 83.9 Å². The van der Waals surface area contributed by atoms with E-state index in [2.05, 4.69) is 0 Å². The summed E-state index contributed by atoms with van der Waals surface area (Å²) in [6.07, 6.45) is 1.89. The minimum atomic E-state index is 0.0639. The Kier molecular flexibility index (Phi) is 3.60. The maximum Gasteiger partial charge on any atom is 0.159 e. The highest BCUT2D eigenvalue weighted by Crippen LogP contribution is 2.09. The first-order valence-electron chi connectivity index (χ1n) is 4.52. The summed E-state index contributed by atoms with van der Waals surface area (Å²) in [5.74, 6) is 0.0689. The molecule has 0 aliphatic rings. The normalized spacial score (nSPS) is 11.5. The number of rotatable bonds is 3. The Balaban J connectivity index is 2.89. The Bertz CT molecular complexity index is 347. The highest BCUT2D eigenvalue weighted by Gasteiger charge is 1.97. The lowest BCUT2D eigenvalue weighted by Crippen LogP contribution is -1.91. The van der Waals surface area contributed by atoms with Crippen LogP contribution in [-0.4, -0.2) is 17.5 Å². The van der Waals surface area contributed by atoms with Gasteiger partial charge in [-0.3, -0.25) is 4.79 Å². The van der Waals surface area contributed by atoms with Gasteiger partial charge in [0.25, 0.3) is 0 Å². The molecular formula is C12H14O2. The van der Waals surface area contributed by atoms with Crippen molar-refractivity contribution < 1.29 is 9.90 Å². The number of aliphatic hydroxyl groups is 1. The minimum Gasteiger partial charge on any atom is -0.392 e. The Hall–Kier alpha value is -1.41. The van der Waals surface area contributed by atoms with E-state index in [1.165, 1.54) is 0 Å². The second kappa shape index (κ2) is 4.72. The van der Waals surface area contributed by atoms with E-state index in [1.54, 1.807) is 19.1 Å². The van der Waals surface area contributed by atoms with Crippen LogP contribution in [0.5, 0.6) is 0 Å². The molecule has 74 valence electrons. The Morgan fingerprint density at radius 2 is 1.86 bits per heavy atom. The summed E-state index contributed by atoms with van der Waals surface area (Å²) in [5, 5.41) is 8.82. The lowest BCUT2D eigenvalue weighted by molar-refractivity contribution is 0.101. The van der Waals surface area contributed by atoms with Gasteiger partial charge in [-0.15, -0.1) is 0 Å². The van der Waals surface area contributed by atoms with Crippen LogP contribution >= 0.6 is 0 Å². The molecule has 0 spiro atoms. The van der Waals surface area contributed by atoms with Crippen LogP contribution in [0.25, 0.3) is 6.08 Å². The van der Waals surface area contributed by atoms with Crippen LogP contribution in [-0.2, 0) is 0 Å². The van der Waals surface area contributed by atoms with Gasteiger partial charge in [0.05, 0.1) is 6.61 Å². The summed E-state index contributed by atoms with van der Waals surface area (Å²) in [6, 6.07) is 7.32. The molecule has 0 amide bonds. The van der Waals surface area contributed by atoms with Gasteiger partial charge in [0.15, 0.2) is 5.78 Å². The molecule has 1 N–H and O–H groups in total. The maximum absolute atomic E-state index is 11.0. The van der Waals surface area contributed by atoms with E-state index in [-0.39, 0.29) is 12.4 Å². The molecule has 14 heavy (non-hydrogen) atoms. The Morgan fingerprint density at radius 3 is 2.29 bits per heavy atom. The van der Waals surface area contributed by atoms with E-state index in [9.17, 15) is 4.79 Å². The number of hydrogen-bond donors (Lipinski definition) is 1. The minimum absolute atomic E-state index is 0.0639. The van der Waals surface area contributed by atoms with Crippen LogP contribution in [0.2, 0.25) is 0 Å². The van der Waals surface area contributed by atoms with Crippen molar-refractivity contribution in [2.45, 2.75) is 13.8 Å². The molecule has 0 saturated heterocycles. The van der Waals surface area contributed by atoms with Gasteiger partial charge in [-0.05, 0) is 25.0 Å². The van der Waals surface area contributed by atoms with Crippen molar-refractivity contribution in [3.05, 3.63) is 41.0 Å². The molecular weight excluding hydrogens is 176 g/mol. The van der Waals surface area contributed by atoms with Crippen LogP contribution in [0, 0.1) is 0 Å². The zero-order chi connectivity index (χ0) is 10.6. The largest absolute Gasteiger partial charge is 0.392 e. The third kappa shape index (κ3) is 2.82. The average Bonchev–Trinajstić information content (AvgIpc) is 2.18. The van der Waals surface area contributed by atoms with Gasteiger partial charge in [-0.1, -0.05) is 30.3 Å². The average molecular weight is 190 g/mol. The molecule has 0 radical (unpaired) electrons. The maximum atomic E-state index is 11.0. The predicted molar refractivity (Wildman–Crippen MR) is 57.2 cm³/mol. The first-order valence-corrected chi connectivity index (χ1v) is 4.52. The van der Waals surface area contributed by atoms with Gasteiger partial charge in [0.2, 0.25) is 0 Å². The lowest BCUT2D eigenvalue weighted by Gasteiger charge is -1.98. The van der Waals surface area contributed by atoms with Crippen molar-refractivity contribution in [2.24, 2.45) is 0 Å². The van der Waals surface area contributed by atoms with Crippen molar-refractivity contribution in [1.29, 1.82) is 0 Å². The zero-order valence-electron chi connectivity index (χ0n) is 8.45. The van der Waals surface area contributed by atoms with Gasteiger partial charge in [0.1, 0.15) is 0 Å². The number of carbonyl (C=O) groups is 1. The van der Waals surface area contributed by atoms with E-state index in [0.29, 0.717) is 5.56 Å². The third-order valence-corrected chi connectivity index (χ3v) is 1.98. The van der Waals surface area contributed by atoms with Gasteiger partial charge in [-0.25, -0.2) is 0 Å². The molecule has 1 aromatic rings. The first-order chi connectivity index (χ1) is 6.63. The summed E-state index contributed by atoms with van der Waals surface area (Å²) in [4.78, 5) is 11.0. The monoisotopic (exact) mass is 190 g/mol. The van der Waals surface area contributed by atoms with E-state index in [4.69, 9.17) is 5.11 Å². The quantitative estimate of drug-likeness (QED) is 0.742. The fraction of sp³-hybridized carbons (Fsp3) is 0.250. The third-order valence-electron chi connectivity index (χ3n) is 1.98. The summed E-state index contributed by atoms with van der Waals surface area (Å²) < 4.78 is 0. The van der Waals surface area contributed by atoms with Crippen LogP contribution in [0.1, 0.15) is 29.8 Å². The molecule has 0 aliphatic heterocycles. The molecule has 2 nitrogen and oxygen atoms in total. The van der Waals surface area contributed by atoms with Crippen LogP contribution in [0.4, 0.5) is 0 Å². The molecule has 0 fully saturated rings. The van der Waals surface area contributed by atoms with E-state index in [0.717, 1.165) is 11.1 Å². The summed E-state index contributed by atoms with van der Waals surface area (Å²) in [7, 11) is 0. The van der Waals surface area contributed by atoms with Crippen molar-refractivity contribution in [1.82, 2.24) is 0 Å². The molecule has 1 rings (SSSR count). The van der Waals surface area contributed by atoms with Crippen LogP contribution in [0.3, 0.4) is 0 Å². The van der Waals surface area contributed by atoms with E-state index < -0.39 is 0 Å². The van der Waals surface area contributed by atoms with Gasteiger partial charge >= 0.3 is 0 Å². The number of aliphatic hydroxyl groups excluding tert-OH is 1. The van der Waals surface area contributed by atoms with Gasteiger partial charge in [-0.2, -0.15) is 0 Å². The van der Waals surface area contributed by atoms with Crippen molar-refractivity contribution in [3.63, 3.8) is 0 Å². The molecule has 0 aliphatic carbocycles. The summed E-state index contributed by atoms with van der Waals surface area (Å²) in [6.45, 7) is 3.47. The molecule has 0 heterocycles. The molecule has 0 unspecified atom stereocenters.